The molecule has 4 heterocycles. The summed E-state index contributed by atoms with van der Waals surface area (Å²) in [6, 6.07) is 17.7. The molecule has 0 saturated carbocycles. The number of fused-ring (bicyclic) bond motifs is 6. The maximum Gasteiger partial charge on any atom is 0.115 e. The van der Waals surface area contributed by atoms with Gasteiger partial charge in [0.1, 0.15) is 12.7 Å². The van der Waals surface area contributed by atoms with Gasteiger partial charge in [0.15, 0.2) is 0 Å². The molecule has 0 fully saturated rings. The van der Waals surface area contributed by atoms with Crippen LogP contribution in [0.3, 0.4) is 0 Å². The highest BCUT2D eigenvalue weighted by molar-refractivity contribution is 5.89. The molecule has 0 N–H and O–H groups in total. The van der Waals surface area contributed by atoms with Crippen molar-refractivity contribution in [3.63, 3.8) is 0 Å². The van der Waals surface area contributed by atoms with Crippen molar-refractivity contribution >= 4 is 41.3 Å². The van der Waals surface area contributed by atoms with Gasteiger partial charge in [0, 0.05) is 28.4 Å². The molecule has 6 heteroatoms. The summed E-state index contributed by atoms with van der Waals surface area (Å²) in [5, 5.41) is 3.71. The molecule has 1 aliphatic carbocycles. The fourth-order valence-corrected chi connectivity index (χ4v) is 5.49. The molecule has 0 radical (unpaired) electrons. The Kier molecular flexibility index (Phi) is 3.70. The molecule has 32 heavy (non-hydrogen) atoms. The van der Waals surface area contributed by atoms with E-state index in [9.17, 15) is 0 Å². The number of hydrogen-bond acceptors (Lipinski definition) is 5. The fourth-order valence-electron chi connectivity index (χ4n) is 5.49. The van der Waals surface area contributed by atoms with Crippen LogP contribution in [-0.2, 0) is 0 Å². The van der Waals surface area contributed by atoms with E-state index in [0.717, 1.165) is 12.2 Å². The average Bonchev–Trinajstić information content (AvgIpc) is 3.36. The van der Waals surface area contributed by atoms with Crippen molar-refractivity contribution in [3.05, 3.63) is 83.4 Å². The number of hydrogen-bond donors (Lipinski definition) is 0. The number of anilines is 1. The SMILES string of the molecule is C1=NC=NCC1N1c2ccccc2C2C=c3c(c4ccccc4n3-c3cncnc3)=CC21. The molecule has 6 nitrogen and oxygen atoms in total. The van der Waals surface area contributed by atoms with E-state index < -0.39 is 0 Å². The Labute approximate surface area is 184 Å². The highest BCUT2D eigenvalue weighted by atomic mass is 15.2. The Morgan fingerprint density at radius 1 is 0.906 bits per heavy atom. The van der Waals surface area contributed by atoms with Crippen molar-refractivity contribution in [2.45, 2.75) is 18.0 Å². The van der Waals surface area contributed by atoms with Gasteiger partial charge in [-0.3, -0.25) is 4.99 Å². The number of rotatable bonds is 2. The third kappa shape index (κ3) is 2.40. The van der Waals surface area contributed by atoms with Gasteiger partial charge in [0.25, 0.3) is 0 Å². The Balaban J connectivity index is 1.53. The Bertz CT molecular complexity index is 1530. The summed E-state index contributed by atoms with van der Waals surface area (Å²) < 4.78 is 2.29. The highest BCUT2D eigenvalue weighted by Gasteiger charge is 2.40. The Hall–Kier alpha value is -4.06. The van der Waals surface area contributed by atoms with Crippen LogP contribution in [0.1, 0.15) is 11.5 Å². The lowest BCUT2D eigenvalue weighted by Gasteiger charge is -2.34. The zero-order valence-electron chi connectivity index (χ0n) is 17.3. The van der Waals surface area contributed by atoms with E-state index in [1.807, 2.05) is 18.6 Å². The Morgan fingerprint density at radius 2 is 1.75 bits per heavy atom. The summed E-state index contributed by atoms with van der Waals surface area (Å²) in [7, 11) is 0. The van der Waals surface area contributed by atoms with Crippen LogP contribution in [0.2, 0.25) is 0 Å². The Morgan fingerprint density at radius 3 is 2.62 bits per heavy atom. The van der Waals surface area contributed by atoms with Gasteiger partial charge in [-0.15, -0.1) is 0 Å². The zero-order chi connectivity index (χ0) is 21.1. The molecule has 3 aliphatic rings. The molecule has 0 saturated heterocycles. The number of nitrogens with zero attached hydrogens (tertiary/aromatic N) is 6. The van der Waals surface area contributed by atoms with E-state index in [2.05, 4.69) is 90.1 Å². The molecular formula is C26H20N6. The van der Waals surface area contributed by atoms with Gasteiger partial charge in [0.05, 0.1) is 47.6 Å². The topological polar surface area (TPSA) is 58.7 Å². The van der Waals surface area contributed by atoms with Gasteiger partial charge in [-0.05, 0) is 23.8 Å². The lowest BCUT2D eigenvalue weighted by atomic mass is 9.90. The number of aromatic nitrogens is 3. The van der Waals surface area contributed by atoms with Crippen molar-refractivity contribution < 1.29 is 0 Å². The standard InChI is InChI=1S/C26H20N6/c1-3-7-23-19(5-1)21-9-26-22(10-25(21)31(23)17-11-27-15-28-12-17)20-6-2-4-8-24(20)32(26)18-13-29-16-30-14-18/h1-13,15-16,18,22,26H,14H2. The van der Waals surface area contributed by atoms with Crippen molar-refractivity contribution in [1.82, 2.24) is 14.5 Å². The molecule has 0 amide bonds. The normalized spacial score (nSPS) is 22.8. The van der Waals surface area contributed by atoms with Crippen LogP contribution >= 0.6 is 0 Å². The lowest BCUT2D eigenvalue weighted by molar-refractivity contribution is 0.667. The van der Waals surface area contributed by atoms with E-state index in [1.165, 1.54) is 32.7 Å². The van der Waals surface area contributed by atoms with Crippen molar-refractivity contribution in [3.8, 4) is 5.69 Å². The molecule has 7 rings (SSSR count). The first kappa shape index (κ1) is 17.6. The van der Waals surface area contributed by atoms with Crippen molar-refractivity contribution in [2.75, 3.05) is 11.4 Å². The van der Waals surface area contributed by atoms with E-state index in [-0.39, 0.29) is 18.0 Å². The minimum atomic E-state index is 0.151. The molecule has 3 unspecified atom stereocenters. The average molecular weight is 416 g/mol. The van der Waals surface area contributed by atoms with E-state index in [4.69, 9.17) is 0 Å². The molecule has 0 bridgehead atoms. The monoisotopic (exact) mass is 416 g/mol. The largest absolute Gasteiger partial charge is 0.354 e. The van der Waals surface area contributed by atoms with Crippen LogP contribution in [0.15, 0.2) is 77.2 Å². The molecular weight excluding hydrogens is 396 g/mol. The molecule has 3 atom stereocenters. The lowest BCUT2D eigenvalue weighted by Crippen LogP contribution is -2.48. The fraction of sp³-hybridized carbons (Fsp3) is 0.154. The first-order valence-electron chi connectivity index (χ1n) is 10.9. The summed E-state index contributed by atoms with van der Waals surface area (Å²) >= 11 is 0. The van der Waals surface area contributed by atoms with Gasteiger partial charge in [-0.2, -0.15) is 0 Å². The van der Waals surface area contributed by atoms with Gasteiger partial charge in [0.2, 0.25) is 0 Å². The number of aliphatic imine (C=N–C) groups is 2. The van der Waals surface area contributed by atoms with Crippen molar-refractivity contribution in [2.24, 2.45) is 9.98 Å². The van der Waals surface area contributed by atoms with Crippen molar-refractivity contribution in [1.29, 1.82) is 0 Å². The predicted octanol–water partition coefficient (Wildman–Crippen LogP) is 2.45. The minimum absolute atomic E-state index is 0.151. The molecule has 0 spiro atoms. The van der Waals surface area contributed by atoms with Crippen LogP contribution < -0.4 is 15.5 Å². The second-order valence-electron chi connectivity index (χ2n) is 8.41. The summed E-state index contributed by atoms with van der Waals surface area (Å²) in [5.74, 6) is 0.255. The van der Waals surface area contributed by atoms with Crippen LogP contribution in [0.4, 0.5) is 5.69 Å². The van der Waals surface area contributed by atoms with Crippen LogP contribution in [-0.4, -0.2) is 45.7 Å². The quantitative estimate of drug-likeness (QED) is 0.504. The highest BCUT2D eigenvalue weighted by Crippen LogP contribution is 2.44. The second kappa shape index (κ2) is 6.72. The van der Waals surface area contributed by atoms with Gasteiger partial charge >= 0.3 is 0 Å². The summed E-state index contributed by atoms with van der Waals surface area (Å²) in [4.78, 5) is 19.9. The maximum absolute atomic E-state index is 4.44. The zero-order valence-corrected chi connectivity index (χ0v) is 17.3. The second-order valence-corrected chi connectivity index (χ2v) is 8.41. The van der Waals surface area contributed by atoms with Gasteiger partial charge in [-0.25, -0.2) is 15.0 Å². The van der Waals surface area contributed by atoms with Gasteiger partial charge < -0.3 is 9.47 Å². The third-order valence-corrected chi connectivity index (χ3v) is 6.75. The number of benzene rings is 2. The van der Waals surface area contributed by atoms with Crippen LogP contribution in [0, 0.1) is 0 Å². The first-order chi connectivity index (χ1) is 15.9. The molecule has 2 aliphatic heterocycles. The van der Waals surface area contributed by atoms with E-state index in [0.29, 0.717) is 0 Å². The first-order valence-corrected chi connectivity index (χ1v) is 10.9. The molecule has 154 valence electrons. The minimum Gasteiger partial charge on any atom is -0.354 e. The summed E-state index contributed by atoms with van der Waals surface area (Å²) in [6.07, 6.45) is 13.9. The summed E-state index contributed by atoms with van der Waals surface area (Å²) in [5.41, 5.74) is 4.77. The summed E-state index contributed by atoms with van der Waals surface area (Å²) in [6.45, 7) is 0.727. The molecule has 4 aromatic rings. The number of para-hydroxylation sites is 2. The smallest absolute Gasteiger partial charge is 0.115 e. The molecule has 2 aromatic heterocycles. The molecule has 2 aromatic carbocycles. The van der Waals surface area contributed by atoms with E-state index in [1.54, 1.807) is 12.7 Å². The van der Waals surface area contributed by atoms with Crippen LogP contribution in [0.5, 0.6) is 0 Å². The van der Waals surface area contributed by atoms with E-state index >= 15 is 0 Å². The maximum atomic E-state index is 4.44. The van der Waals surface area contributed by atoms with Gasteiger partial charge in [-0.1, -0.05) is 42.5 Å². The third-order valence-electron chi connectivity index (χ3n) is 6.75. The predicted molar refractivity (Wildman–Crippen MR) is 128 cm³/mol. The van der Waals surface area contributed by atoms with Crippen LogP contribution in [0.25, 0.3) is 28.7 Å².